The van der Waals surface area contributed by atoms with E-state index in [0.29, 0.717) is 21.7 Å². The molecule has 0 aliphatic rings. The molecule has 4 aromatic carbocycles. The van der Waals surface area contributed by atoms with E-state index in [1.807, 2.05) is 49.4 Å². The van der Waals surface area contributed by atoms with E-state index in [4.69, 9.17) is 16.1 Å². The fraction of sp³-hybridized carbons (Fsp3) is 0.125. The molecule has 1 aromatic heterocycles. The highest BCUT2D eigenvalue weighted by Gasteiger charge is 2.24. The van der Waals surface area contributed by atoms with Gasteiger partial charge < -0.3 is 9.63 Å². The van der Waals surface area contributed by atoms with Crippen molar-refractivity contribution in [2.75, 3.05) is 0 Å². The number of nitrogens with zero attached hydrogens (tertiary/aromatic N) is 2. The van der Waals surface area contributed by atoms with Gasteiger partial charge in [-0.2, -0.15) is 4.98 Å². The zero-order valence-corrected chi connectivity index (χ0v) is 22.2. The van der Waals surface area contributed by atoms with Crippen LogP contribution in [-0.4, -0.2) is 27.0 Å². The number of hydrogen-bond donors (Lipinski definition) is 1. The second-order valence-corrected chi connectivity index (χ2v) is 9.99. The molecule has 40 heavy (non-hydrogen) atoms. The van der Waals surface area contributed by atoms with Crippen LogP contribution in [-0.2, 0) is 11.2 Å². The van der Waals surface area contributed by atoms with Crippen LogP contribution in [0.2, 0.25) is 5.02 Å². The minimum Gasteiger partial charge on any atom is -0.481 e. The number of carboxylic acid groups (broad SMARTS) is 1. The van der Waals surface area contributed by atoms with E-state index in [2.05, 4.69) is 10.1 Å². The predicted molar refractivity (Wildman–Crippen MR) is 151 cm³/mol. The number of ketones is 1. The van der Waals surface area contributed by atoms with Crippen LogP contribution in [0.5, 0.6) is 0 Å². The number of carbonyl (C=O) groups is 2. The smallest absolute Gasteiger partial charge is 0.307 e. The lowest BCUT2D eigenvalue weighted by atomic mass is 9.91. The van der Waals surface area contributed by atoms with Gasteiger partial charge >= 0.3 is 5.97 Å². The Morgan fingerprint density at radius 3 is 2.35 bits per heavy atom. The molecule has 1 atom stereocenters. The minimum atomic E-state index is -1.13. The number of aromatic nitrogens is 2. The molecular formula is C32H24ClFN2O4. The van der Waals surface area contributed by atoms with E-state index in [9.17, 15) is 14.7 Å². The highest BCUT2D eigenvalue weighted by atomic mass is 35.5. The maximum Gasteiger partial charge on any atom is 0.307 e. The Labute approximate surface area is 235 Å². The highest BCUT2D eigenvalue weighted by molar-refractivity contribution is 6.30. The zero-order chi connectivity index (χ0) is 28.2. The van der Waals surface area contributed by atoms with Crippen LogP contribution in [0.25, 0.3) is 34.0 Å². The summed E-state index contributed by atoms with van der Waals surface area (Å²) in [6.45, 7) is 1.96. The van der Waals surface area contributed by atoms with E-state index in [1.165, 1.54) is 12.1 Å². The number of carboxylic acids is 1. The number of aliphatic carboxylic acids is 1. The van der Waals surface area contributed by atoms with Gasteiger partial charge in [0.25, 0.3) is 5.89 Å². The lowest BCUT2D eigenvalue weighted by Crippen LogP contribution is -2.20. The van der Waals surface area contributed by atoms with E-state index >= 15 is 4.39 Å². The first kappa shape index (κ1) is 27.0. The van der Waals surface area contributed by atoms with Crippen LogP contribution in [0.3, 0.4) is 0 Å². The number of Topliss-reactive ketones (excluding diaryl/α,β-unsaturated/α-hetero) is 1. The number of hydrogen-bond acceptors (Lipinski definition) is 5. The second kappa shape index (κ2) is 11.6. The summed E-state index contributed by atoms with van der Waals surface area (Å²) in [7, 11) is 0. The summed E-state index contributed by atoms with van der Waals surface area (Å²) in [5.74, 6) is -2.73. The van der Waals surface area contributed by atoms with Gasteiger partial charge in [-0.1, -0.05) is 70.9 Å². The summed E-state index contributed by atoms with van der Waals surface area (Å²) in [5, 5.41) is 14.3. The molecule has 8 heteroatoms. The number of benzene rings is 4. The fourth-order valence-electron chi connectivity index (χ4n) is 4.40. The third-order valence-corrected chi connectivity index (χ3v) is 6.88. The average molecular weight is 555 g/mol. The Bertz CT molecular complexity index is 1680. The molecule has 6 nitrogen and oxygen atoms in total. The first-order valence-corrected chi connectivity index (χ1v) is 13.0. The molecule has 1 unspecified atom stereocenters. The Hall–Kier alpha value is -4.62. The number of aryl methyl sites for hydroxylation is 1. The number of halogens is 2. The standard InChI is InChI=1S/C32H24ClFN2O4/c1-19-5-8-22(9-6-19)31-35-30(36-40-31)27-14-7-20(16-28(27)34)15-25(32(38)39)18-29(37)24-4-2-3-23(17-24)21-10-12-26(33)13-11-21/h2-14,16-17,25H,15,18H2,1H3,(H,38,39). The first-order valence-electron chi connectivity index (χ1n) is 12.6. The van der Waals surface area contributed by atoms with Crippen LogP contribution >= 0.6 is 11.6 Å². The molecule has 0 fully saturated rings. The van der Waals surface area contributed by atoms with Crippen molar-refractivity contribution in [1.82, 2.24) is 10.1 Å². The Kier molecular flexibility index (Phi) is 7.84. The summed E-state index contributed by atoms with van der Waals surface area (Å²) < 4.78 is 20.4. The van der Waals surface area contributed by atoms with E-state index in [1.54, 1.807) is 36.4 Å². The van der Waals surface area contributed by atoms with Gasteiger partial charge in [0.15, 0.2) is 5.78 Å². The lowest BCUT2D eigenvalue weighted by molar-refractivity contribution is -0.141. The molecular weight excluding hydrogens is 531 g/mol. The van der Waals surface area contributed by atoms with E-state index < -0.39 is 17.7 Å². The highest BCUT2D eigenvalue weighted by Crippen LogP contribution is 2.27. The van der Waals surface area contributed by atoms with Gasteiger partial charge in [-0.3, -0.25) is 9.59 Å². The van der Waals surface area contributed by atoms with Crippen molar-refractivity contribution in [3.05, 3.63) is 119 Å². The summed E-state index contributed by atoms with van der Waals surface area (Å²) in [5.41, 5.74) is 4.48. The molecule has 5 rings (SSSR count). The van der Waals surface area contributed by atoms with Gasteiger partial charge in [0.2, 0.25) is 5.82 Å². The molecule has 0 bridgehead atoms. The normalized spacial score (nSPS) is 11.8. The molecule has 0 aliphatic carbocycles. The summed E-state index contributed by atoms with van der Waals surface area (Å²) in [6.07, 6.45) is -0.246. The maximum absolute atomic E-state index is 15.1. The van der Waals surface area contributed by atoms with Crippen LogP contribution in [0.1, 0.15) is 27.9 Å². The monoisotopic (exact) mass is 554 g/mol. The number of rotatable bonds is 9. The van der Waals surface area contributed by atoms with Crippen LogP contribution < -0.4 is 0 Å². The topological polar surface area (TPSA) is 93.3 Å². The van der Waals surface area contributed by atoms with Gasteiger partial charge in [0.05, 0.1) is 11.5 Å². The van der Waals surface area contributed by atoms with Crippen molar-refractivity contribution < 1.29 is 23.6 Å². The molecule has 1 N–H and O–H groups in total. The van der Waals surface area contributed by atoms with Crippen molar-refractivity contribution in [1.29, 1.82) is 0 Å². The molecule has 200 valence electrons. The summed E-state index contributed by atoms with van der Waals surface area (Å²) in [6, 6.07) is 26.1. The molecule has 1 heterocycles. The molecule has 5 aromatic rings. The molecule has 0 spiro atoms. The van der Waals surface area contributed by atoms with Crippen LogP contribution in [0, 0.1) is 18.7 Å². The SMILES string of the molecule is Cc1ccc(-c2nc(-c3ccc(CC(CC(=O)c4cccc(-c5ccc(Cl)cc5)c4)C(=O)O)cc3F)no2)cc1. The van der Waals surface area contributed by atoms with Crippen molar-refractivity contribution in [3.8, 4) is 34.0 Å². The lowest BCUT2D eigenvalue weighted by Gasteiger charge is -2.13. The summed E-state index contributed by atoms with van der Waals surface area (Å²) >= 11 is 5.97. The van der Waals surface area contributed by atoms with Crippen LogP contribution in [0.15, 0.2) is 95.5 Å². The molecule has 0 saturated carbocycles. The largest absolute Gasteiger partial charge is 0.481 e. The van der Waals surface area contributed by atoms with Gasteiger partial charge in [-0.05, 0) is 72.5 Å². The average Bonchev–Trinajstić information content (AvgIpc) is 3.43. The predicted octanol–water partition coefficient (Wildman–Crippen LogP) is 7.69. The van der Waals surface area contributed by atoms with Crippen molar-refractivity contribution in [3.63, 3.8) is 0 Å². The maximum atomic E-state index is 15.1. The third kappa shape index (κ3) is 6.16. The molecule has 0 amide bonds. The molecule has 0 saturated heterocycles. The van der Waals surface area contributed by atoms with E-state index in [0.717, 1.165) is 16.7 Å². The first-order chi connectivity index (χ1) is 19.3. The zero-order valence-electron chi connectivity index (χ0n) is 21.5. The van der Waals surface area contributed by atoms with Gasteiger partial charge in [-0.15, -0.1) is 0 Å². The Morgan fingerprint density at radius 1 is 0.925 bits per heavy atom. The number of carbonyl (C=O) groups excluding carboxylic acids is 1. The third-order valence-electron chi connectivity index (χ3n) is 6.62. The quantitative estimate of drug-likeness (QED) is 0.188. The van der Waals surface area contributed by atoms with E-state index in [-0.39, 0.29) is 35.9 Å². The Balaban J connectivity index is 1.30. The second-order valence-electron chi connectivity index (χ2n) is 9.56. The van der Waals surface area contributed by atoms with Crippen molar-refractivity contribution in [2.24, 2.45) is 5.92 Å². The van der Waals surface area contributed by atoms with Crippen LogP contribution in [0.4, 0.5) is 4.39 Å². The summed E-state index contributed by atoms with van der Waals surface area (Å²) in [4.78, 5) is 29.4. The van der Waals surface area contributed by atoms with Gasteiger partial charge in [-0.25, -0.2) is 4.39 Å². The van der Waals surface area contributed by atoms with Gasteiger partial charge in [0.1, 0.15) is 5.82 Å². The fourth-order valence-corrected chi connectivity index (χ4v) is 4.53. The molecule has 0 aliphatic heterocycles. The molecule has 0 radical (unpaired) electrons. The van der Waals surface area contributed by atoms with Crippen molar-refractivity contribution >= 4 is 23.4 Å². The minimum absolute atomic E-state index is 0.0178. The van der Waals surface area contributed by atoms with Gasteiger partial charge in [0, 0.05) is 22.6 Å². The Morgan fingerprint density at radius 2 is 1.65 bits per heavy atom. The van der Waals surface area contributed by atoms with Crippen molar-refractivity contribution in [2.45, 2.75) is 19.8 Å².